The van der Waals surface area contributed by atoms with Gasteiger partial charge in [-0.05, 0) is 39.0 Å². The van der Waals surface area contributed by atoms with Crippen LogP contribution in [0.3, 0.4) is 0 Å². The fraction of sp³-hybridized carbons (Fsp3) is 0.320. The van der Waals surface area contributed by atoms with E-state index < -0.39 is 0 Å². The summed E-state index contributed by atoms with van der Waals surface area (Å²) in [5, 5.41) is 12.1. The second-order valence-corrected chi connectivity index (χ2v) is 10.5. The fourth-order valence-electron chi connectivity index (χ4n) is 4.00. The molecule has 8 nitrogen and oxygen atoms in total. The SMILES string of the molecule is CC(C)(C)Nc1c(-c2ccccc2)nc2sc(N3CCN(C(=O)Nc4cccc(F)c4)CC3)nn12. The molecule has 0 spiro atoms. The number of carbonyl (C=O) groups is 1. The van der Waals surface area contributed by atoms with Crippen LogP contribution in [0, 0.1) is 5.82 Å². The number of fused-ring (bicyclic) bond motifs is 1. The molecule has 0 unspecified atom stereocenters. The van der Waals surface area contributed by atoms with Crippen molar-refractivity contribution in [2.75, 3.05) is 41.7 Å². The Hall–Kier alpha value is -3.66. The van der Waals surface area contributed by atoms with E-state index >= 15 is 0 Å². The minimum Gasteiger partial charge on any atom is -0.364 e. The first kappa shape index (κ1) is 23.1. The van der Waals surface area contributed by atoms with Crippen LogP contribution in [0.4, 0.5) is 25.8 Å². The van der Waals surface area contributed by atoms with Crippen molar-refractivity contribution in [3.63, 3.8) is 0 Å². The molecule has 0 saturated carbocycles. The first-order chi connectivity index (χ1) is 16.8. The highest BCUT2D eigenvalue weighted by Crippen LogP contribution is 2.35. The number of piperazine rings is 1. The zero-order valence-corrected chi connectivity index (χ0v) is 20.8. The highest BCUT2D eigenvalue weighted by atomic mass is 32.1. The largest absolute Gasteiger partial charge is 0.364 e. The molecule has 4 aromatic rings. The minimum atomic E-state index is -0.378. The summed E-state index contributed by atoms with van der Waals surface area (Å²) in [6, 6.07) is 15.8. The average Bonchev–Trinajstić information content (AvgIpc) is 3.38. The molecule has 1 aliphatic rings. The van der Waals surface area contributed by atoms with E-state index in [4.69, 9.17) is 10.1 Å². The van der Waals surface area contributed by atoms with Gasteiger partial charge in [-0.2, -0.15) is 4.52 Å². The highest BCUT2D eigenvalue weighted by Gasteiger charge is 2.26. The Kier molecular flexibility index (Phi) is 6.06. The molecule has 2 aromatic heterocycles. The van der Waals surface area contributed by atoms with E-state index in [1.54, 1.807) is 17.0 Å². The zero-order valence-electron chi connectivity index (χ0n) is 20.0. The second kappa shape index (κ2) is 9.18. The van der Waals surface area contributed by atoms with Crippen LogP contribution < -0.4 is 15.5 Å². The molecule has 2 aromatic carbocycles. The van der Waals surface area contributed by atoms with Gasteiger partial charge in [0.05, 0.1) is 0 Å². The number of halogens is 1. The lowest BCUT2D eigenvalue weighted by Gasteiger charge is -2.34. The average molecular weight is 494 g/mol. The number of rotatable bonds is 4. The molecule has 1 aliphatic heterocycles. The summed E-state index contributed by atoms with van der Waals surface area (Å²) in [5.74, 6) is 0.492. The van der Waals surface area contributed by atoms with Crippen LogP contribution in [0.15, 0.2) is 54.6 Å². The van der Waals surface area contributed by atoms with Gasteiger partial charge in [0.1, 0.15) is 11.5 Å². The molecule has 0 bridgehead atoms. The van der Waals surface area contributed by atoms with Gasteiger partial charge in [-0.1, -0.05) is 47.7 Å². The van der Waals surface area contributed by atoms with Gasteiger partial charge >= 0.3 is 6.03 Å². The fourth-order valence-corrected chi connectivity index (χ4v) is 4.95. The number of nitrogens with zero attached hydrogens (tertiary/aromatic N) is 5. The Bertz CT molecular complexity index is 1340. The van der Waals surface area contributed by atoms with E-state index in [1.807, 2.05) is 22.7 Å². The van der Waals surface area contributed by atoms with Gasteiger partial charge in [-0.25, -0.2) is 14.2 Å². The standard InChI is InChI=1S/C25H28FN7OS/c1-25(2,3)29-21-20(17-8-5-4-6-9-17)28-23-33(21)30-24(35-23)32-14-12-31(13-15-32)22(34)27-19-11-7-10-18(26)16-19/h4-11,16,29H,12-15H2,1-3H3,(H,27,34). The Morgan fingerprint density at radius 3 is 2.46 bits per heavy atom. The zero-order chi connectivity index (χ0) is 24.6. The maximum atomic E-state index is 13.4. The van der Waals surface area contributed by atoms with E-state index in [9.17, 15) is 9.18 Å². The van der Waals surface area contributed by atoms with Gasteiger partial charge in [0.15, 0.2) is 5.82 Å². The number of anilines is 3. The van der Waals surface area contributed by atoms with Gasteiger partial charge < -0.3 is 20.4 Å². The minimum absolute atomic E-state index is 0.163. The van der Waals surface area contributed by atoms with Gasteiger partial charge in [0.25, 0.3) is 0 Å². The molecule has 35 heavy (non-hydrogen) atoms. The van der Waals surface area contributed by atoms with Crippen molar-refractivity contribution in [3.8, 4) is 11.3 Å². The number of carbonyl (C=O) groups excluding carboxylic acids is 1. The number of benzene rings is 2. The summed E-state index contributed by atoms with van der Waals surface area (Å²) in [5.41, 5.74) is 2.21. The van der Waals surface area contributed by atoms with Crippen LogP contribution in [0.2, 0.25) is 0 Å². The summed E-state index contributed by atoms with van der Waals surface area (Å²) < 4.78 is 15.3. The molecule has 182 valence electrons. The third-order valence-corrected chi connectivity index (χ3v) is 6.62. The molecule has 0 aliphatic carbocycles. The van der Waals surface area contributed by atoms with Crippen LogP contribution in [0.5, 0.6) is 0 Å². The summed E-state index contributed by atoms with van der Waals surface area (Å²) >= 11 is 1.54. The highest BCUT2D eigenvalue weighted by molar-refractivity contribution is 7.20. The maximum absolute atomic E-state index is 13.4. The number of hydrogen-bond donors (Lipinski definition) is 2. The van der Waals surface area contributed by atoms with E-state index in [0.29, 0.717) is 31.9 Å². The summed E-state index contributed by atoms with van der Waals surface area (Å²) in [6.45, 7) is 8.74. The van der Waals surface area contributed by atoms with E-state index in [2.05, 4.69) is 48.4 Å². The van der Waals surface area contributed by atoms with E-state index in [1.165, 1.54) is 23.5 Å². The molecule has 1 fully saturated rings. The third-order valence-electron chi connectivity index (χ3n) is 5.65. The molecule has 1 saturated heterocycles. The molecule has 0 radical (unpaired) electrons. The Labute approximate surface area is 207 Å². The van der Waals surface area contributed by atoms with Gasteiger partial charge in [-0.3, -0.25) is 0 Å². The summed E-state index contributed by atoms with van der Waals surface area (Å²) in [4.78, 5) is 22.2. The summed E-state index contributed by atoms with van der Waals surface area (Å²) in [6.07, 6.45) is 0. The summed E-state index contributed by atoms with van der Waals surface area (Å²) in [7, 11) is 0. The molecule has 0 atom stereocenters. The number of amides is 2. The van der Waals surface area contributed by atoms with Crippen molar-refractivity contribution in [2.45, 2.75) is 26.3 Å². The van der Waals surface area contributed by atoms with Gasteiger partial charge in [0.2, 0.25) is 10.1 Å². The van der Waals surface area contributed by atoms with Crippen LogP contribution >= 0.6 is 11.3 Å². The third kappa shape index (κ3) is 5.07. The van der Waals surface area contributed by atoms with E-state index in [0.717, 1.165) is 27.2 Å². The maximum Gasteiger partial charge on any atom is 0.321 e. The smallest absolute Gasteiger partial charge is 0.321 e. The molecule has 3 heterocycles. The Morgan fingerprint density at radius 1 is 1.03 bits per heavy atom. The molecule has 10 heteroatoms. The normalized spacial score (nSPS) is 14.4. The number of imidazole rings is 1. The van der Waals surface area contributed by atoms with Crippen LogP contribution in [-0.4, -0.2) is 57.2 Å². The Morgan fingerprint density at radius 2 is 1.77 bits per heavy atom. The molecular formula is C25H28FN7OS. The van der Waals surface area contributed by atoms with Crippen molar-refractivity contribution in [2.24, 2.45) is 0 Å². The van der Waals surface area contributed by atoms with Crippen LogP contribution in [0.1, 0.15) is 20.8 Å². The number of hydrogen-bond acceptors (Lipinski definition) is 6. The monoisotopic (exact) mass is 493 g/mol. The van der Waals surface area contributed by atoms with Crippen molar-refractivity contribution >= 4 is 39.0 Å². The number of aromatic nitrogens is 3. The van der Waals surface area contributed by atoms with Crippen molar-refractivity contribution in [1.29, 1.82) is 0 Å². The van der Waals surface area contributed by atoms with Crippen molar-refractivity contribution in [3.05, 3.63) is 60.4 Å². The molecular weight excluding hydrogens is 465 g/mol. The topological polar surface area (TPSA) is 77.8 Å². The Balaban J connectivity index is 1.32. The van der Waals surface area contributed by atoms with Crippen LogP contribution in [-0.2, 0) is 0 Å². The quantitative estimate of drug-likeness (QED) is 0.411. The lowest BCUT2D eigenvalue weighted by molar-refractivity contribution is 0.208. The molecule has 5 rings (SSSR count). The lowest BCUT2D eigenvalue weighted by Crippen LogP contribution is -2.50. The number of urea groups is 1. The van der Waals surface area contributed by atoms with Crippen molar-refractivity contribution < 1.29 is 9.18 Å². The van der Waals surface area contributed by atoms with Gasteiger partial charge in [0, 0.05) is 43.0 Å². The molecule has 2 N–H and O–H groups in total. The second-order valence-electron chi connectivity index (χ2n) is 9.54. The lowest BCUT2D eigenvalue weighted by atomic mass is 10.1. The predicted molar refractivity (Wildman–Crippen MR) is 139 cm³/mol. The van der Waals surface area contributed by atoms with Crippen LogP contribution in [0.25, 0.3) is 16.2 Å². The molecule has 2 amide bonds. The first-order valence-corrected chi connectivity index (χ1v) is 12.4. The predicted octanol–water partition coefficient (Wildman–Crippen LogP) is 5.16. The first-order valence-electron chi connectivity index (χ1n) is 11.6. The van der Waals surface area contributed by atoms with Crippen molar-refractivity contribution in [1.82, 2.24) is 19.5 Å². The number of nitrogens with one attached hydrogen (secondary N) is 2. The van der Waals surface area contributed by atoms with Gasteiger partial charge in [-0.15, -0.1) is 5.10 Å². The van der Waals surface area contributed by atoms with E-state index in [-0.39, 0.29) is 17.4 Å².